The molecule has 0 spiro atoms. The first kappa shape index (κ1) is 16.7. The second-order valence-electron chi connectivity index (χ2n) is 5.07. The zero-order chi connectivity index (χ0) is 15.5. The van der Waals surface area contributed by atoms with Crippen LogP contribution in [-0.4, -0.2) is 32.7 Å². The van der Waals surface area contributed by atoms with E-state index in [-0.39, 0.29) is 16.7 Å². The van der Waals surface area contributed by atoms with Crippen LogP contribution in [0, 0.1) is 12.8 Å². The normalized spacial score (nSPS) is 13.3. The fourth-order valence-corrected chi connectivity index (χ4v) is 2.75. The number of anilines is 1. The number of carbonyl (C=O) groups is 1. The van der Waals surface area contributed by atoms with Crippen molar-refractivity contribution in [2.75, 3.05) is 19.4 Å². The summed E-state index contributed by atoms with van der Waals surface area (Å²) in [5.41, 5.74) is 1.15. The maximum Gasteiger partial charge on any atom is 0.242 e. The van der Waals surface area contributed by atoms with E-state index < -0.39 is 10.0 Å². The molecule has 0 radical (unpaired) electrons. The lowest BCUT2D eigenvalue weighted by Crippen LogP contribution is -2.24. The van der Waals surface area contributed by atoms with Crippen molar-refractivity contribution < 1.29 is 13.2 Å². The van der Waals surface area contributed by atoms with Gasteiger partial charge in [0.25, 0.3) is 0 Å². The van der Waals surface area contributed by atoms with Crippen LogP contribution in [0.25, 0.3) is 0 Å². The molecule has 1 rings (SSSR count). The predicted molar refractivity (Wildman–Crippen MR) is 80.1 cm³/mol. The van der Waals surface area contributed by atoms with Crippen molar-refractivity contribution in [1.29, 1.82) is 0 Å². The Morgan fingerprint density at radius 1 is 1.35 bits per heavy atom. The minimum absolute atomic E-state index is 0.106. The van der Waals surface area contributed by atoms with Crippen LogP contribution in [0.5, 0.6) is 0 Å². The SMILES string of the molecule is CC[C@@H](C)C(=O)Nc1ccc(C)c(S(=O)(=O)N(C)C)c1. The summed E-state index contributed by atoms with van der Waals surface area (Å²) in [5.74, 6) is -0.213. The first-order valence-corrected chi connectivity index (χ1v) is 7.98. The lowest BCUT2D eigenvalue weighted by Gasteiger charge is -2.16. The highest BCUT2D eigenvalue weighted by molar-refractivity contribution is 7.89. The van der Waals surface area contributed by atoms with E-state index >= 15 is 0 Å². The number of hydrogen-bond acceptors (Lipinski definition) is 3. The van der Waals surface area contributed by atoms with E-state index in [0.717, 1.165) is 10.7 Å². The average Bonchev–Trinajstić information content (AvgIpc) is 2.39. The number of aryl methyl sites for hydroxylation is 1. The Balaban J connectivity index is 3.13. The van der Waals surface area contributed by atoms with E-state index in [4.69, 9.17) is 0 Å². The maximum absolute atomic E-state index is 12.2. The van der Waals surface area contributed by atoms with Gasteiger partial charge in [-0.2, -0.15) is 0 Å². The molecule has 1 atom stereocenters. The van der Waals surface area contributed by atoms with E-state index in [0.29, 0.717) is 11.3 Å². The number of carbonyl (C=O) groups excluding carboxylic acids is 1. The van der Waals surface area contributed by atoms with Gasteiger partial charge < -0.3 is 5.32 Å². The van der Waals surface area contributed by atoms with Gasteiger partial charge in [-0.1, -0.05) is 19.9 Å². The Hall–Kier alpha value is -1.40. The molecule has 1 N–H and O–H groups in total. The molecule has 0 aliphatic heterocycles. The summed E-state index contributed by atoms with van der Waals surface area (Å²) in [6, 6.07) is 4.91. The van der Waals surface area contributed by atoms with Crippen molar-refractivity contribution in [1.82, 2.24) is 4.31 Å². The molecule has 0 aliphatic carbocycles. The summed E-state index contributed by atoms with van der Waals surface area (Å²) in [6.45, 7) is 5.50. The van der Waals surface area contributed by atoms with Crippen molar-refractivity contribution in [3.05, 3.63) is 23.8 Å². The Bertz CT molecular complexity index is 594. The van der Waals surface area contributed by atoms with Crippen LogP contribution >= 0.6 is 0 Å². The first-order valence-electron chi connectivity index (χ1n) is 6.54. The van der Waals surface area contributed by atoms with Crippen LogP contribution in [0.4, 0.5) is 5.69 Å². The molecule has 6 heteroatoms. The lowest BCUT2D eigenvalue weighted by atomic mass is 10.1. The number of benzene rings is 1. The molecule has 0 aromatic heterocycles. The third kappa shape index (κ3) is 3.58. The van der Waals surface area contributed by atoms with Crippen LogP contribution in [0.15, 0.2) is 23.1 Å². The third-order valence-electron chi connectivity index (χ3n) is 3.27. The molecule has 112 valence electrons. The van der Waals surface area contributed by atoms with Crippen molar-refractivity contribution in [2.45, 2.75) is 32.1 Å². The van der Waals surface area contributed by atoms with Crippen molar-refractivity contribution in [3.8, 4) is 0 Å². The van der Waals surface area contributed by atoms with Gasteiger partial charge in [-0.15, -0.1) is 0 Å². The Labute approximate surface area is 121 Å². The fourth-order valence-electron chi connectivity index (χ4n) is 1.60. The second kappa shape index (κ2) is 6.37. The van der Waals surface area contributed by atoms with E-state index in [1.54, 1.807) is 19.1 Å². The quantitative estimate of drug-likeness (QED) is 0.906. The van der Waals surface area contributed by atoms with Gasteiger partial charge in [0.15, 0.2) is 0 Å². The molecule has 0 aliphatic rings. The minimum atomic E-state index is -3.51. The van der Waals surface area contributed by atoms with E-state index in [2.05, 4.69) is 5.32 Å². The number of rotatable bonds is 5. The molecule has 0 saturated carbocycles. The molecule has 5 nitrogen and oxygen atoms in total. The molecule has 0 heterocycles. The maximum atomic E-state index is 12.2. The Kier molecular flexibility index (Phi) is 5.30. The van der Waals surface area contributed by atoms with Crippen molar-refractivity contribution in [3.63, 3.8) is 0 Å². The molecule has 1 aromatic carbocycles. The van der Waals surface area contributed by atoms with Crippen LogP contribution < -0.4 is 5.32 Å². The molecule has 20 heavy (non-hydrogen) atoms. The van der Waals surface area contributed by atoms with Crippen molar-refractivity contribution in [2.24, 2.45) is 5.92 Å². The predicted octanol–water partition coefficient (Wildman–Crippen LogP) is 2.23. The van der Waals surface area contributed by atoms with Gasteiger partial charge in [0, 0.05) is 25.7 Å². The van der Waals surface area contributed by atoms with Gasteiger partial charge in [0.2, 0.25) is 15.9 Å². The number of nitrogens with zero attached hydrogens (tertiary/aromatic N) is 1. The van der Waals surface area contributed by atoms with Crippen LogP contribution in [-0.2, 0) is 14.8 Å². The molecule has 0 saturated heterocycles. The first-order chi connectivity index (χ1) is 9.20. The molecule has 1 amide bonds. The molecular weight excluding hydrogens is 276 g/mol. The molecule has 1 aromatic rings. The molecule has 0 fully saturated rings. The van der Waals surface area contributed by atoms with Crippen LogP contribution in [0.1, 0.15) is 25.8 Å². The monoisotopic (exact) mass is 298 g/mol. The van der Waals surface area contributed by atoms with E-state index in [1.165, 1.54) is 20.2 Å². The molecule has 0 unspecified atom stereocenters. The summed E-state index contributed by atoms with van der Waals surface area (Å²) in [7, 11) is -0.539. The average molecular weight is 298 g/mol. The van der Waals surface area contributed by atoms with Gasteiger partial charge in [-0.25, -0.2) is 12.7 Å². The minimum Gasteiger partial charge on any atom is -0.326 e. The van der Waals surface area contributed by atoms with Crippen LogP contribution in [0.2, 0.25) is 0 Å². The van der Waals surface area contributed by atoms with Gasteiger partial charge in [0.1, 0.15) is 0 Å². The zero-order valence-corrected chi connectivity index (χ0v) is 13.4. The summed E-state index contributed by atoms with van der Waals surface area (Å²) in [5, 5.41) is 2.75. The van der Waals surface area contributed by atoms with Crippen molar-refractivity contribution >= 4 is 21.6 Å². The second-order valence-corrected chi connectivity index (χ2v) is 7.19. The highest BCUT2D eigenvalue weighted by atomic mass is 32.2. The summed E-state index contributed by atoms with van der Waals surface area (Å²) in [4.78, 5) is 12.1. The summed E-state index contributed by atoms with van der Waals surface area (Å²) in [6.07, 6.45) is 0.737. The number of hydrogen-bond donors (Lipinski definition) is 1. The summed E-state index contributed by atoms with van der Waals surface area (Å²) < 4.78 is 25.6. The summed E-state index contributed by atoms with van der Waals surface area (Å²) >= 11 is 0. The van der Waals surface area contributed by atoms with Gasteiger partial charge in [-0.05, 0) is 31.0 Å². The zero-order valence-electron chi connectivity index (χ0n) is 12.6. The number of nitrogens with one attached hydrogen (secondary N) is 1. The van der Waals surface area contributed by atoms with Gasteiger partial charge in [0.05, 0.1) is 4.90 Å². The fraction of sp³-hybridized carbons (Fsp3) is 0.500. The van der Waals surface area contributed by atoms with Gasteiger partial charge in [-0.3, -0.25) is 4.79 Å². The largest absolute Gasteiger partial charge is 0.326 e. The van der Waals surface area contributed by atoms with Gasteiger partial charge >= 0.3 is 0 Å². The van der Waals surface area contributed by atoms with E-state index in [1.807, 2.05) is 13.8 Å². The molecular formula is C14H22N2O3S. The highest BCUT2D eigenvalue weighted by Gasteiger charge is 2.20. The highest BCUT2D eigenvalue weighted by Crippen LogP contribution is 2.22. The smallest absolute Gasteiger partial charge is 0.242 e. The number of sulfonamides is 1. The number of amides is 1. The lowest BCUT2D eigenvalue weighted by molar-refractivity contribution is -0.119. The third-order valence-corrected chi connectivity index (χ3v) is 5.23. The van der Waals surface area contributed by atoms with Crippen LogP contribution in [0.3, 0.4) is 0 Å². The Morgan fingerprint density at radius 3 is 2.45 bits per heavy atom. The Morgan fingerprint density at radius 2 is 1.95 bits per heavy atom. The standard InChI is InChI=1S/C14H22N2O3S/c1-6-10(2)14(17)15-12-8-7-11(3)13(9-12)20(18,19)16(4)5/h7-10H,6H2,1-5H3,(H,15,17)/t10-/m1/s1. The molecule has 0 bridgehead atoms. The van der Waals surface area contributed by atoms with E-state index in [9.17, 15) is 13.2 Å². The topological polar surface area (TPSA) is 66.5 Å².